The molecule has 0 aromatic heterocycles. The molecule has 0 aromatic rings. The quantitative estimate of drug-likeness (QED) is 0.429. The first-order valence-electron chi connectivity index (χ1n) is 4.50. The summed E-state index contributed by atoms with van der Waals surface area (Å²) in [4.78, 5) is 9.93. The van der Waals surface area contributed by atoms with Crippen LogP contribution in [-0.2, 0) is 4.79 Å². The summed E-state index contributed by atoms with van der Waals surface area (Å²) < 4.78 is 0. The maximum absolute atomic E-state index is 9.93. The first kappa shape index (κ1) is 10.6. The van der Waals surface area contributed by atoms with Gasteiger partial charge in [0.2, 0.25) is 0 Å². The van der Waals surface area contributed by atoms with Crippen LogP contribution in [0.1, 0.15) is 38.5 Å². The minimum Gasteiger partial charge on any atom is -0.320 e. The smallest absolute Gasteiger partial charge is 0.119 e. The van der Waals surface area contributed by atoms with Gasteiger partial charge < -0.3 is 10.1 Å². The Hall–Kier alpha value is -0.370. The average Bonchev–Trinajstić information content (AvgIpc) is 2.03. The summed E-state index contributed by atoms with van der Waals surface area (Å²) in [5.41, 5.74) is 0. The van der Waals surface area contributed by atoms with E-state index in [-0.39, 0.29) is 0 Å². The second-order valence-electron chi connectivity index (χ2n) is 2.83. The van der Waals surface area contributed by atoms with E-state index in [1.807, 2.05) is 7.05 Å². The molecule has 0 rings (SSSR count). The van der Waals surface area contributed by atoms with Crippen LogP contribution in [0.25, 0.3) is 0 Å². The van der Waals surface area contributed by atoms with E-state index in [1.165, 1.54) is 25.7 Å². The van der Waals surface area contributed by atoms with Crippen molar-refractivity contribution in [3.8, 4) is 0 Å². The Bertz CT molecular complexity index is 83.6. The van der Waals surface area contributed by atoms with Gasteiger partial charge in [0.15, 0.2) is 0 Å². The van der Waals surface area contributed by atoms with Crippen LogP contribution >= 0.6 is 0 Å². The molecule has 0 radical (unpaired) electrons. The zero-order chi connectivity index (χ0) is 8.36. The fourth-order valence-electron chi connectivity index (χ4n) is 1.06. The van der Waals surface area contributed by atoms with Crippen LogP contribution in [0.4, 0.5) is 0 Å². The normalized spacial score (nSPS) is 9.91. The minimum atomic E-state index is 0.742. The van der Waals surface area contributed by atoms with E-state index in [0.29, 0.717) is 0 Å². The van der Waals surface area contributed by atoms with Crippen molar-refractivity contribution in [1.29, 1.82) is 0 Å². The van der Waals surface area contributed by atoms with Crippen LogP contribution in [0, 0.1) is 0 Å². The number of rotatable bonds is 8. The highest BCUT2D eigenvalue weighted by Gasteiger charge is 1.88. The minimum absolute atomic E-state index is 0.742. The average molecular weight is 157 g/mol. The molecule has 1 N–H and O–H groups in total. The summed E-state index contributed by atoms with van der Waals surface area (Å²) >= 11 is 0. The van der Waals surface area contributed by atoms with Gasteiger partial charge in [-0.1, -0.05) is 19.3 Å². The molecule has 0 aliphatic rings. The van der Waals surface area contributed by atoms with Crippen molar-refractivity contribution in [1.82, 2.24) is 5.32 Å². The molecule has 0 aromatic carbocycles. The molecule has 11 heavy (non-hydrogen) atoms. The summed E-state index contributed by atoms with van der Waals surface area (Å²) in [6, 6.07) is 0. The zero-order valence-corrected chi connectivity index (χ0v) is 7.44. The van der Waals surface area contributed by atoms with Gasteiger partial charge >= 0.3 is 0 Å². The molecule has 0 heterocycles. The first-order valence-corrected chi connectivity index (χ1v) is 4.50. The fraction of sp³-hybridized carbons (Fsp3) is 0.889. The van der Waals surface area contributed by atoms with E-state index in [2.05, 4.69) is 5.32 Å². The number of aldehydes is 1. The van der Waals surface area contributed by atoms with Gasteiger partial charge in [-0.25, -0.2) is 0 Å². The predicted molar refractivity (Wildman–Crippen MR) is 47.7 cm³/mol. The lowest BCUT2D eigenvalue weighted by Gasteiger charge is -1.98. The SMILES string of the molecule is CNCCCCCCCC=O. The second-order valence-corrected chi connectivity index (χ2v) is 2.83. The molecule has 0 amide bonds. The highest BCUT2D eigenvalue weighted by molar-refractivity contribution is 5.48. The van der Waals surface area contributed by atoms with Crippen LogP contribution in [0.2, 0.25) is 0 Å². The van der Waals surface area contributed by atoms with Crippen LogP contribution in [0.3, 0.4) is 0 Å². The monoisotopic (exact) mass is 157 g/mol. The molecule has 66 valence electrons. The van der Waals surface area contributed by atoms with Gasteiger partial charge in [-0.05, 0) is 26.4 Å². The lowest BCUT2D eigenvalue weighted by atomic mass is 10.1. The van der Waals surface area contributed by atoms with Crippen molar-refractivity contribution in [3.05, 3.63) is 0 Å². The fourth-order valence-corrected chi connectivity index (χ4v) is 1.06. The van der Waals surface area contributed by atoms with Gasteiger partial charge in [0, 0.05) is 6.42 Å². The molecule has 2 nitrogen and oxygen atoms in total. The van der Waals surface area contributed by atoms with Gasteiger partial charge in [0.1, 0.15) is 6.29 Å². The van der Waals surface area contributed by atoms with E-state index in [4.69, 9.17) is 0 Å². The van der Waals surface area contributed by atoms with Crippen LogP contribution in [-0.4, -0.2) is 19.9 Å². The molecule has 0 fully saturated rings. The van der Waals surface area contributed by atoms with E-state index in [0.717, 1.165) is 25.7 Å². The zero-order valence-electron chi connectivity index (χ0n) is 7.44. The van der Waals surface area contributed by atoms with Crippen LogP contribution in [0.5, 0.6) is 0 Å². The Kier molecular flexibility index (Phi) is 9.31. The highest BCUT2D eigenvalue weighted by Crippen LogP contribution is 2.03. The third-order valence-electron chi connectivity index (χ3n) is 1.75. The summed E-state index contributed by atoms with van der Waals surface area (Å²) in [5.74, 6) is 0. The van der Waals surface area contributed by atoms with E-state index in [1.54, 1.807) is 0 Å². The summed E-state index contributed by atoms with van der Waals surface area (Å²) in [6.07, 6.45) is 7.86. The lowest BCUT2D eigenvalue weighted by molar-refractivity contribution is -0.107. The Morgan fingerprint density at radius 1 is 1.09 bits per heavy atom. The van der Waals surface area contributed by atoms with E-state index < -0.39 is 0 Å². The summed E-state index contributed by atoms with van der Waals surface area (Å²) in [7, 11) is 1.98. The van der Waals surface area contributed by atoms with Crippen molar-refractivity contribution < 1.29 is 4.79 Å². The van der Waals surface area contributed by atoms with Gasteiger partial charge in [0.05, 0.1) is 0 Å². The van der Waals surface area contributed by atoms with Crippen molar-refractivity contribution >= 4 is 6.29 Å². The third kappa shape index (κ3) is 9.63. The van der Waals surface area contributed by atoms with E-state index in [9.17, 15) is 4.79 Å². The maximum atomic E-state index is 9.93. The van der Waals surface area contributed by atoms with E-state index >= 15 is 0 Å². The van der Waals surface area contributed by atoms with Crippen molar-refractivity contribution in [2.45, 2.75) is 38.5 Å². The largest absolute Gasteiger partial charge is 0.320 e. The predicted octanol–water partition coefficient (Wildman–Crippen LogP) is 1.75. The molecule has 0 aliphatic heterocycles. The molecule has 0 spiro atoms. The molecule has 0 saturated heterocycles. The first-order chi connectivity index (χ1) is 5.41. The molecule has 2 heteroatoms. The second kappa shape index (κ2) is 9.63. The third-order valence-corrected chi connectivity index (χ3v) is 1.75. The maximum Gasteiger partial charge on any atom is 0.119 e. The van der Waals surface area contributed by atoms with Gasteiger partial charge in [0.25, 0.3) is 0 Å². The topological polar surface area (TPSA) is 29.1 Å². The Labute approximate surface area is 69.4 Å². The number of nitrogens with one attached hydrogen (secondary N) is 1. The molecule has 0 bridgehead atoms. The molecule has 0 unspecified atom stereocenters. The van der Waals surface area contributed by atoms with Gasteiger partial charge in [-0.3, -0.25) is 0 Å². The van der Waals surface area contributed by atoms with Crippen molar-refractivity contribution in [3.63, 3.8) is 0 Å². The number of hydrogen-bond donors (Lipinski definition) is 1. The standard InChI is InChI=1S/C9H19NO/c1-10-8-6-4-2-3-5-7-9-11/h9-10H,2-8H2,1H3. The van der Waals surface area contributed by atoms with Crippen molar-refractivity contribution in [2.24, 2.45) is 0 Å². The van der Waals surface area contributed by atoms with Crippen molar-refractivity contribution in [2.75, 3.05) is 13.6 Å². The molecule has 0 atom stereocenters. The number of unbranched alkanes of at least 4 members (excludes halogenated alkanes) is 5. The molecular weight excluding hydrogens is 138 g/mol. The highest BCUT2D eigenvalue weighted by atomic mass is 16.1. The van der Waals surface area contributed by atoms with Gasteiger partial charge in [-0.2, -0.15) is 0 Å². The number of carbonyl (C=O) groups excluding carboxylic acids is 1. The Morgan fingerprint density at radius 3 is 2.36 bits per heavy atom. The Morgan fingerprint density at radius 2 is 1.73 bits per heavy atom. The van der Waals surface area contributed by atoms with Crippen LogP contribution in [0.15, 0.2) is 0 Å². The number of carbonyl (C=O) groups is 1. The molecule has 0 aliphatic carbocycles. The number of hydrogen-bond acceptors (Lipinski definition) is 2. The Balaban J connectivity index is 2.74. The summed E-state index contributed by atoms with van der Waals surface area (Å²) in [5, 5.41) is 3.11. The van der Waals surface area contributed by atoms with Gasteiger partial charge in [-0.15, -0.1) is 0 Å². The summed E-state index contributed by atoms with van der Waals surface area (Å²) in [6.45, 7) is 1.12. The van der Waals surface area contributed by atoms with Crippen LogP contribution < -0.4 is 5.32 Å². The molecular formula is C9H19NO. The lowest BCUT2D eigenvalue weighted by Crippen LogP contribution is -2.06. The molecule has 0 saturated carbocycles.